The Morgan fingerprint density at radius 1 is 0.889 bits per heavy atom. The number of carboxylic acid groups (broad SMARTS) is 1. The molecule has 0 radical (unpaired) electrons. The second-order valence-electron chi connectivity index (χ2n) is 13.1. The highest BCUT2D eigenvalue weighted by molar-refractivity contribution is 5.68. The Balaban J connectivity index is 1.69. The number of hydrogen-bond donors (Lipinski definition) is 0. The van der Waals surface area contributed by atoms with Crippen LogP contribution in [0.15, 0.2) is 0 Å². The zero-order valence-electron chi connectivity index (χ0n) is 23.8. The SMILES string of the molecule is CCCCC(C(C)C1CCC(C2CCC(CCC)CC2)CC1)C1(CCC)CCC(C(=O)[O-])C(F)C1F. The van der Waals surface area contributed by atoms with E-state index in [4.69, 9.17) is 0 Å². The van der Waals surface area contributed by atoms with Gasteiger partial charge in [-0.15, -0.1) is 0 Å². The molecule has 3 aliphatic rings. The largest absolute Gasteiger partial charge is 0.550 e. The maximum atomic E-state index is 16.0. The molecule has 36 heavy (non-hydrogen) atoms. The van der Waals surface area contributed by atoms with Gasteiger partial charge in [0.05, 0.1) is 0 Å². The first kappa shape index (κ1) is 29.9. The minimum absolute atomic E-state index is 0.124. The first-order valence-electron chi connectivity index (χ1n) is 15.8. The van der Waals surface area contributed by atoms with Crippen LogP contribution < -0.4 is 5.11 Å². The van der Waals surface area contributed by atoms with Crippen molar-refractivity contribution in [3.8, 4) is 0 Å². The maximum Gasteiger partial charge on any atom is 0.140 e. The van der Waals surface area contributed by atoms with Gasteiger partial charge in [-0.05, 0) is 99.7 Å². The van der Waals surface area contributed by atoms with E-state index in [9.17, 15) is 9.90 Å². The number of unbranched alkanes of at least 4 members (excludes halogenated alkanes) is 1. The first-order chi connectivity index (χ1) is 17.3. The van der Waals surface area contributed by atoms with Crippen LogP contribution in [0.5, 0.6) is 0 Å². The topological polar surface area (TPSA) is 40.1 Å². The number of carboxylic acids is 1. The van der Waals surface area contributed by atoms with E-state index in [0.717, 1.165) is 43.4 Å². The standard InChI is InChI=1S/C32H56F2O2/c1-5-8-10-28(32(20-7-3)21-19-27(31(35)36)29(33)30(32)34)22(4)24-15-17-26(18-16-24)25-13-11-23(9-6-2)12-14-25/h22-30H,5-21H2,1-4H3,(H,35,36)/p-1. The van der Waals surface area contributed by atoms with Gasteiger partial charge in [-0.1, -0.05) is 72.6 Å². The second-order valence-corrected chi connectivity index (χ2v) is 13.1. The molecular weight excluding hydrogens is 454 g/mol. The highest BCUT2D eigenvalue weighted by Crippen LogP contribution is 2.56. The number of halogens is 2. The lowest BCUT2D eigenvalue weighted by Gasteiger charge is -2.53. The lowest BCUT2D eigenvalue weighted by molar-refractivity contribution is -0.316. The Morgan fingerprint density at radius 3 is 2.03 bits per heavy atom. The van der Waals surface area contributed by atoms with Crippen LogP contribution in [0.1, 0.15) is 137 Å². The summed E-state index contributed by atoms with van der Waals surface area (Å²) in [6, 6.07) is 0. The summed E-state index contributed by atoms with van der Waals surface area (Å²) < 4.78 is 31.3. The van der Waals surface area contributed by atoms with E-state index in [1.807, 2.05) is 0 Å². The smallest absolute Gasteiger partial charge is 0.140 e. The summed E-state index contributed by atoms with van der Waals surface area (Å²) in [5.74, 6) is 1.06. The van der Waals surface area contributed by atoms with Crippen LogP contribution in [0.25, 0.3) is 0 Å². The molecule has 210 valence electrons. The quantitative estimate of drug-likeness (QED) is 0.265. The van der Waals surface area contributed by atoms with Gasteiger partial charge in [-0.3, -0.25) is 0 Å². The summed E-state index contributed by atoms with van der Waals surface area (Å²) in [5, 5.41) is 11.5. The first-order valence-corrected chi connectivity index (χ1v) is 15.8. The van der Waals surface area contributed by atoms with Gasteiger partial charge in [0.15, 0.2) is 0 Å². The van der Waals surface area contributed by atoms with Crippen LogP contribution in [0.3, 0.4) is 0 Å². The summed E-state index contributed by atoms with van der Waals surface area (Å²) in [6.45, 7) is 8.87. The van der Waals surface area contributed by atoms with Gasteiger partial charge in [0.2, 0.25) is 0 Å². The average Bonchev–Trinajstić information content (AvgIpc) is 2.88. The second kappa shape index (κ2) is 13.9. The summed E-state index contributed by atoms with van der Waals surface area (Å²) in [5.41, 5.74) is -0.733. The Bertz CT molecular complexity index is 653. The molecule has 0 aromatic heterocycles. The maximum absolute atomic E-state index is 16.0. The summed E-state index contributed by atoms with van der Waals surface area (Å²) >= 11 is 0. The minimum atomic E-state index is -1.94. The summed E-state index contributed by atoms with van der Waals surface area (Å²) in [7, 11) is 0. The molecule has 0 amide bonds. The van der Waals surface area contributed by atoms with E-state index in [-0.39, 0.29) is 12.3 Å². The third-order valence-corrected chi connectivity index (χ3v) is 11.2. The molecule has 0 aliphatic heterocycles. The Morgan fingerprint density at radius 2 is 1.50 bits per heavy atom. The molecule has 0 spiro atoms. The average molecular weight is 510 g/mol. The van der Waals surface area contributed by atoms with Crippen LogP contribution in [0.4, 0.5) is 8.78 Å². The van der Waals surface area contributed by atoms with Gasteiger partial charge in [0.25, 0.3) is 0 Å². The molecule has 0 heterocycles. The molecule has 6 atom stereocenters. The molecule has 0 bridgehead atoms. The van der Waals surface area contributed by atoms with Crippen molar-refractivity contribution in [3.05, 3.63) is 0 Å². The molecule has 3 saturated carbocycles. The van der Waals surface area contributed by atoms with Gasteiger partial charge < -0.3 is 9.90 Å². The van der Waals surface area contributed by atoms with Crippen molar-refractivity contribution in [2.75, 3.05) is 0 Å². The summed E-state index contributed by atoms with van der Waals surface area (Å²) in [4.78, 5) is 11.5. The molecule has 4 heteroatoms. The molecule has 3 aliphatic carbocycles. The molecule has 6 unspecified atom stereocenters. The van der Waals surface area contributed by atoms with Crippen LogP contribution in [0.2, 0.25) is 0 Å². The van der Waals surface area contributed by atoms with E-state index in [1.54, 1.807) is 0 Å². The number of alkyl halides is 2. The van der Waals surface area contributed by atoms with Crippen molar-refractivity contribution < 1.29 is 18.7 Å². The molecule has 3 rings (SSSR count). The number of aliphatic carboxylic acids is 1. The van der Waals surface area contributed by atoms with Crippen LogP contribution in [0, 0.1) is 46.8 Å². The highest BCUT2D eigenvalue weighted by Gasteiger charge is 2.55. The van der Waals surface area contributed by atoms with Crippen LogP contribution >= 0.6 is 0 Å². The molecule has 0 N–H and O–H groups in total. The number of carbonyl (C=O) groups excluding carboxylic acids is 1. The van der Waals surface area contributed by atoms with Crippen molar-refractivity contribution in [2.45, 2.75) is 149 Å². The molecular formula is C32H55F2O2-. The van der Waals surface area contributed by atoms with Crippen molar-refractivity contribution in [1.82, 2.24) is 0 Å². The van der Waals surface area contributed by atoms with Gasteiger partial charge >= 0.3 is 0 Å². The van der Waals surface area contributed by atoms with Gasteiger partial charge in [0, 0.05) is 17.3 Å². The Hall–Kier alpha value is -0.670. The third-order valence-electron chi connectivity index (χ3n) is 11.2. The zero-order chi connectivity index (χ0) is 26.3. The molecule has 0 aromatic rings. The highest BCUT2D eigenvalue weighted by atomic mass is 19.2. The fourth-order valence-electron chi connectivity index (χ4n) is 9.12. The zero-order valence-corrected chi connectivity index (χ0v) is 23.8. The normalized spacial score (nSPS) is 39.4. The van der Waals surface area contributed by atoms with E-state index in [0.29, 0.717) is 24.7 Å². The minimum Gasteiger partial charge on any atom is -0.550 e. The van der Waals surface area contributed by atoms with Gasteiger partial charge in [0.1, 0.15) is 12.3 Å². The molecule has 0 saturated heterocycles. The lowest BCUT2D eigenvalue weighted by Crippen LogP contribution is -2.55. The fraction of sp³-hybridized carbons (Fsp3) is 0.969. The van der Waals surface area contributed by atoms with Crippen molar-refractivity contribution in [2.24, 2.45) is 46.8 Å². The van der Waals surface area contributed by atoms with Gasteiger partial charge in [-0.25, -0.2) is 8.78 Å². The number of rotatable bonds is 12. The fourth-order valence-corrected chi connectivity index (χ4v) is 9.12. The molecule has 2 nitrogen and oxygen atoms in total. The predicted molar refractivity (Wildman–Crippen MR) is 143 cm³/mol. The number of carbonyl (C=O) groups is 1. The molecule has 3 fully saturated rings. The van der Waals surface area contributed by atoms with Crippen molar-refractivity contribution in [3.63, 3.8) is 0 Å². The van der Waals surface area contributed by atoms with Crippen molar-refractivity contribution >= 4 is 5.97 Å². The van der Waals surface area contributed by atoms with Gasteiger partial charge in [-0.2, -0.15) is 0 Å². The van der Waals surface area contributed by atoms with Crippen LogP contribution in [-0.2, 0) is 4.79 Å². The Labute approximate surface area is 220 Å². The monoisotopic (exact) mass is 509 g/mol. The van der Waals surface area contributed by atoms with Crippen molar-refractivity contribution in [1.29, 1.82) is 0 Å². The predicted octanol–water partition coefficient (Wildman–Crippen LogP) is 8.46. The van der Waals surface area contributed by atoms with E-state index in [2.05, 4.69) is 27.7 Å². The summed E-state index contributed by atoms with van der Waals surface area (Å²) in [6.07, 6.45) is 15.0. The van der Waals surface area contributed by atoms with E-state index in [1.165, 1.54) is 64.2 Å². The molecule has 0 aromatic carbocycles. The number of hydrogen-bond acceptors (Lipinski definition) is 2. The third kappa shape index (κ3) is 6.66. The van der Waals surface area contributed by atoms with E-state index >= 15 is 8.78 Å². The Kier molecular flexibility index (Phi) is 11.6. The van der Waals surface area contributed by atoms with Crippen LogP contribution in [-0.4, -0.2) is 18.3 Å². The lowest BCUT2D eigenvalue weighted by atomic mass is 9.53. The van der Waals surface area contributed by atoms with E-state index < -0.39 is 29.6 Å².